The second kappa shape index (κ2) is 22.1. The van der Waals surface area contributed by atoms with Crippen molar-refractivity contribution in [3.63, 3.8) is 0 Å². The van der Waals surface area contributed by atoms with Crippen LogP contribution in [-0.4, -0.2) is 91.4 Å². The molecule has 63 heavy (non-hydrogen) atoms. The average molecular weight is 1000 g/mol. The molecule has 0 spiro atoms. The van der Waals surface area contributed by atoms with Crippen LogP contribution in [-0.2, 0) is 63.1 Å². The maximum absolute atomic E-state index is 13.0. The van der Waals surface area contributed by atoms with Crippen molar-refractivity contribution in [3.8, 4) is 11.5 Å². The van der Waals surface area contributed by atoms with Crippen molar-refractivity contribution < 1.29 is 85.7 Å². The summed E-state index contributed by atoms with van der Waals surface area (Å²) < 4.78 is 140. The number of hydrogen-bond acceptors (Lipinski definition) is 27. The quantitative estimate of drug-likeness (QED) is 0.00912. The van der Waals surface area contributed by atoms with E-state index in [1.807, 2.05) is 0 Å². The van der Waals surface area contributed by atoms with Crippen LogP contribution in [0.2, 0.25) is 0 Å². The Morgan fingerprint density at radius 3 is 1.62 bits per heavy atom. The summed E-state index contributed by atoms with van der Waals surface area (Å²) in [6.07, 6.45) is 0. The molecule has 0 aliphatic rings. The minimum atomic E-state index is -4.95. The highest BCUT2D eigenvalue weighted by atomic mass is 32.3. The summed E-state index contributed by atoms with van der Waals surface area (Å²) in [6.45, 7) is -0.933. The number of anilines is 2. The van der Waals surface area contributed by atoms with Crippen LogP contribution < -0.4 is 20.9 Å². The molecule has 0 aliphatic heterocycles. The first kappa shape index (κ1) is 50.7. The van der Waals surface area contributed by atoms with E-state index in [0.29, 0.717) is 24.1 Å². The van der Waals surface area contributed by atoms with Crippen molar-refractivity contribution >= 4 is 110 Å². The predicted octanol–water partition coefficient (Wildman–Crippen LogP) is 6.23. The minimum Gasteiger partial charge on any atom is -0.494 e. The van der Waals surface area contributed by atoms with E-state index in [1.54, 1.807) is 0 Å². The highest BCUT2D eigenvalue weighted by Gasteiger charge is 2.22. The van der Waals surface area contributed by atoms with Crippen LogP contribution in [0.1, 0.15) is 0 Å². The second-order valence-corrected chi connectivity index (χ2v) is 19.8. The summed E-state index contributed by atoms with van der Waals surface area (Å²) in [5.74, 6) is -1.52. The number of nitrogens with zero attached hydrogens (tertiary/aromatic N) is 6. The first-order chi connectivity index (χ1) is 29.6. The molecule has 33 heteroatoms. The molecular weight excluding hydrogens is 969 g/mol. The number of rotatable bonds is 23. The number of benzene rings is 4. The third-order valence-electron chi connectivity index (χ3n) is 7.61. The van der Waals surface area contributed by atoms with Crippen LogP contribution >= 0.6 is 24.1 Å². The average Bonchev–Trinajstić information content (AvgIpc) is 3.22. The summed E-state index contributed by atoms with van der Waals surface area (Å²) in [6, 6.07) is 11.2. The number of hydrogen-bond donors (Lipinski definition) is 6. The van der Waals surface area contributed by atoms with Gasteiger partial charge in [0, 0.05) is 22.7 Å². The topological polar surface area (TPSA) is 408 Å². The summed E-state index contributed by atoms with van der Waals surface area (Å²) >= 11 is 0.927. The van der Waals surface area contributed by atoms with E-state index >= 15 is 0 Å². The molecule has 0 heterocycles. The number of methoxy groups -OCH3 is 2. The van der Waals surface area contributed by atoms with E-state index in [4.69, 9.17) is 36.0 Å². The van der Waals surface area contributed by atoms with E-state index in [1.165, 1.54) is 32.4 Å². The molecule has 4 rings (SSSR count). The first-order valence-electron chi connectivity index (χ1n) is 16.4. The van der Waals surface area contributed by atoms with E-state index < -0.39 is 85.2 Å². The van der Waals surface area contributed by atoms with E-state index in [2.05, 4.69) is 53.6 Å². The standard InChI is InChI=1S/C30H32N8O19S6/c1-51-25-7-5-19(61(43,44)12-10-58-56-54-39)15-20(25)33-36-23-16-24(37-35-22-13-17(59-57-55-40)3-8-27(22)62(45,46)47)29(32)30(28(23)31)38-34-21-14-18(4-6-26(21)52-2)60(41,42)11-9-53-63(48,49)50/h3-8,13-16,39-40H,9-12,31-32H2,1-2H3,(H,45,46,47)(H,48,49,50). The zero-order chi connectivity index (χ0) is 46.6. The Morgan fingerprint density at radius 1 is 0.603 bits per heavy atom. The maximum atomic E-state index is 13.0. The lowest BCUT2D eigenvalue weighted by Crippen LogP contribution is -2.15. The number of nitrogens with two attached hydrogens (primary N) is 2. The SMILES string of the molecule is COc1ccc(S(=O)(=O)CCSOOO)cc1N=Nc1cc(N=Nc2cc(SOOO)ccc2S(=O)(=O)O)c(N)c(N=Nc2cc(S(=O)(=O)CCOS(=O)(=O)O)ccc2OC)c1N. The summed E-state index contributed by atoms with van der Waals surface area (Å²) in [5, 5.41) is 48.1. The van der Waals surface area contributed by atoms with Gasteiger partial charge in [-0.3, -0.25) is 9.11 Å². The Balaban J connectivity index is 1.90. The second-order valence-electron chi connectivity index (χ2n) is 11.5. The Bertz CT molecular complexity index is 2850. The largest absolute Gasteiger partial charge is 0.494 e. The van der Waals surface area contributed by atoms with Crippen molar-refractivity contribution in [1.82, 2.24) is 0 Å². The van der Waals surface area contributed by atoms with Crippen molar-refractivity contribution in [3.05, 3.63) is 60.7 Å². The third kappa shape index (κ3) is 14.3. The van der Waals surface area contributed by atoms with Crippen molar-refractivity contribution in [2.24, 2.45) is 30.7 Å². The Hall–Kier alpha value is -4.98. The van der Waals surface area contributed by atoms with Gasteiger partial charge in [0.05, 0.1) is 65.5 Å². The van der Waals surface area contributed by atoms with Gasteiger partial charge >= 0.3 is 10.4 Å². The monoisotopic (exact) mass is 1000 g/mol. The molecule has 0 aliphatic carbocycles. The van der Waals surface area contributed by atoms with Crippen LogP contribution in [0.3, 0.4) is 0 Å². The zero-order valence-electron chi connectivity index (χ0n) is 31.8. The van der Waals surface area contributed by atoms with Crippen LogP contribution in [0.15, 0.2) is 111 Å². The molecule has 342 valence electrons. The summed E-state index contributed by atoms with van der Waals surface area (Å²) in [7, 11) is -15.7. The molecule has 4 aromatic rings. The van der Waals surface area contributed by atoms with Gasteiger partial charge in [-0.15, -0.1) is 39.4 Å². The molecule has 4 aromatic carbocycles. The van der Waals surface area contributed by atoms with Gasteiger partial charge in [0.15, 0.2) is 19.7 Å². The lowest BCUT2D eigenvalue weighted by Gasteiger charge is -2.11. The Labute approximate surface area is 365 Å². The van der Waals surface area contributed by atoms with Crippen LogP contribution in [0.5, 0.6) is 11.5 Å². The van der Waals surface area contributed by atoms with E-state index in [-0.39, 0.29) is 55.5 Å². The van der Waals surface area contributed by atoms with E-state index in [9.17, 15) is 38.2 Å². The normalized spacial score (nSPS) is 12.8. The zero-order valence-corrected chi connectivity index (χ0v) is 36.7. The molecule has 0 saturated carbocycles. The fourth-order valence-corrected chi connectivity index (χ4v) is 9.30. The van der Waals surface area contributed by atoms with Gasteiger partial charge in [0.25, 0.3) is 10.1 Å². The van der Waals surface area contributed by atoms with Crippen molar-refractivity contribution in [2.45, 2.75) is 19.6 Å². The number of nitrogen functional groups attached to an aromatic ring is 2. The van der Waals surface area contributed by atoms with Gasteiger partial charge in [-0.25, -0.2) is 31.5 Å². The number of ether oxygens (including phenoxy) is 2. The van der Waals surface area contributed by atoms with Gasteiger partial charge < -0.3 is 20.9 Å². The van der Waals surface area contributed by atoms with Crippen molar-refractivity contribution in [2.75, 3.05) is 49.6 Å². The van der Waals surface area contributed by atoms with Crippen LogP contribution in [0.4, 0.5) is 45.5 Å². The molecule has 0 radical (unpaired) electrons. The minimum absolute atomic E-state index is 0.0375. The van der Waals surface area contributed by atoms with Gasteiger partial charge in [0.1, 0.15) is 50.5 Å². The molecule has 8 N–H and O–H groups in total. The van der Waals surface area contributed by atoms with Gasteiger partial charge in [-0.2, -0.15) is 16.8 Å². The van der Waals surface area contributed by atoms with Crippen LogP contribution in [0.25, 0.3) is 0 Å². The molecule has 0 fully saturated rings. The predicted molar refractivity (Wildman–Crippen MR) is 220 cm³/mol. The van der Waals surface area contributed by atoms with E-state index in [0.717, 1.165) is 42.5 Å². The highest BCUT2D eigenvalue weighted by molar-refractivity contribution is 7.97. The molecule has 0 amide bonds. The highest BCUT2D eigenvalue weighted by Crippen LogP contribution is 2.47. The molecule has 0 bridgehead atoms. The van der Waals surface area contributed by atoms with Crippen molar-refractivity contribution in [1.29, 1.82) is 0 Å². The molecule has 0 aromatic heterocycles. The Kier molecular flexibility index (Phi) is 17.8. The third-order valence-corrected chi connectivity index (χ3v) is 13.7. The lowest BCUT2D eigenvalue weighted by molar-refractivity contribution is -0.432. The van der Waals surface area contributed by atoms with Gasteiger partial charge in [-0.1, -0.05) is 10.1 Å². The number of sulfone groups is 2. The van der Waals surface area contributed by atoms with Gasteiger partial charge in [-0.05, 0) is 60.7 Å². The first-order valence-corrected chi connectivity index (χ1v) is 24.2. The number of azo groups is 3. The van der Waals surface area contributed by atoms with Crippen LogP contribution in [0, 0.1) is 0 Å². The summed E-state index contributed by atoms with van der Waals surface area (Å²) in [5.41, 5.74) is 10.1. The molecule has 0 saturated heterocycles. The molecular formula is C30H32N8O19S6. The smallest absolute Gasteiger partial charge is 0.397 e. The molecule has 0 atom stereocenters. The Morgan fingerprint density at radius 2 is 1.11 bits per heavy atom. The summed E-state index contributed by atoms with van der Waals surface area (Å²) in [4.78, 5) is -1.29. The molecule has 0 unspecified atom stereocenters. The maximum Gasteiger partial charge on any atom is 0.397 e. The molecule has 27 nitrogen and oxygen atoms in total. The van der Waals surface area contributed by atoms with Gasteiger partial charge in [0.2, 0.25) is 0 Å². The lowest BCUT2D eigenvalue weighted by atomic mass is 10.2. The fourth-order valence-electron chi connectivity index (χ4n) is 4.73. The fraction of sp³-hybridized carbons (Fsp3) is 0.200.